The average molecular weight is 373 g/mol. The highest BCUT2D eigenvalue weighted by molar-refractivity contribution is 7.99. The maximum absolute atomic E-state index is 11.0. The van der Waals surface area contributed by atoms with E-state index in [1.165, 1.54) is 17.3 Å². The number of carbonyl (C=O) groups excluding carboxylic acids is 1. The molecule has 0 saturated carbocycles. The second-order valence-corrected chi connectivity index (χ2v) is 7.05. The number of rotatable bonds is 6. The second-order valence-electron chi connectivity index (χ2n) is 5.55. The third kappa shape index (κ3) is 4.21. The van der Waals surface area contributed by atoms with Gasteiger partial charge in [0, 0.05) is 28.4 Å². The maximum atomic E-state index is 11.0. The number of halogens is 1. The molecule has 0 bridgehead atoms. The van der Waals surface area contributed by atoms with E-state index in [-0.39, 0.29) is 12.3 Å². The van der Waals surface area contributed by atoms with Crippen molar-refractivity contribution in [2.45, 2.75) is 18.5 Å². The van der Waals surface area contributed by atoms with Crippen LogP contribution >= 0.6 is 23.4 Å². The Morgan fingerprint density at radius 2 is 1.80 bits per heavy atom. The summed E-state index contributed by atoms with van der Waals surface area (Å²) in [7, 11) is 0. The maximum Gasteiger partial charge on any atom is 0.218 e. The summed E-state index contributed by atoms with van der Waals surface area (Å²) in [6, 6.07) is 15.6. The molecule has 5 nitrogen and oxygen atoms in total. The molecule has 2 aromatic carbocycles. The van der Waals surface area contributed by atoms with E-state index in [2.05, 4.69) is 10.2 Å². The highest BCUT2D eigenvalue weighted by Crippen LogP contribution is 2.29. The zero-order chi connectivity index (χ0) is 17.8. The van der Waals surface area contributed by atoms with Gasteiger partial charge in [0.15, 0.2) is 11.0 Å². The first-order valence-electron chi connectivity index (χ1n) is 7.74. The van der Waals surface area contributed by atoms with Crippen LogP contribution in [0.4, 0.5) is 0 Å². The van der Waals surface area contributed by atoms with Gasteiger partial charge in [-0.3, -0.25) is 9.36 Å². The van der Waals surface area contributed by atoms with Gasteiger partial charge in [0.1, 0.15) is 0 Å². The molecule has 1 heterocycles. The van der Waals surface area contributed by atoms with E-state index < -0.39 is 0 Å². The van der Waals surface area contributed by atoms with Crippen molar-refractivity contribution in [2.24, 2.45) is 5.73 Å². The number of nitrogens with two attached hydrogens (primary N) is 1. The summed E-state index contributed by atoms with van der Waals surface area (Å²) < 4.78 is 1.96. The minimum atomic E-state index is -0.330. The first kappa shape index (κ1) is 17.5. The summed E-state index contributed by atoms with van der Waals surface area (Å²) >= 11 is 7.46. The van der Waals surface area contributed by atoms with Crippen LogP contribution in [0.15, 0.2) is 53.7 Å². The number of primary amides is 1. The number of aryl methyl sites for hydroxylation is 1. The Hall–Kier alpha value is -2.31. The topological polar surface area (TPSA) is 73.8 Å². The van der Waals surface area contributed by atoms with Gasteiger partial charge < -0.3 is 5.73 Å². The zero-order valence-electron chi connectivity index (χ0n) is 13.6. The van der Waals surface area contributed by atoms with Crippen LogP contribution in [0.25, 0.3) is 17.1 Å². The Kier molecular flexibility index (Phi) is 5.40. The van der Waals surface area contributed by atoms with Crippen molar-refractivity contribution in [3.63, 3.8) is 0 Å². The molecular formula is C18H17ClN4OS. The molecule has 1 amide bonds. The van der Waals surface area contributed by atoms with Crippen LogP contribution in [-0.2, 0) is 4.79 Å². The van der Waals surface area contributed by atoms with Gasteiger partial charge in [0.25, 0.3) is 0 Å². The Bertz CT molecular complexity index is 875. The molecule has 7 heteroatoms. The third-order valence-corrected chi connectivity index (χ3v) is 4.79. The van der Waals surface area contributed by atoms with E-state index in [1.807, 2.05) is 60.0 Å². The molecule has 0 aliphatic carbocycles. The van der Waals surface area contributed by atoms with Crippen LogP contribution in [0, 0.1) is 6.92 Å². The molecule has 0 aliphatic rings. The van der Waals surface area contributed by atoms with Crippen molar-refractivity contribution in [1.29, 1.82) is 0 Å². The molecule has 25 heavy (non-hydrogen) atoms. The van der Waals surface area contributed by atoms with Crippen LogP contribution in [-0.4, -0.2) is 26.4 Å². The SMILES string of the molecule is Cc1ccc(-c2nnc(SCCC(N)=O)n2-c2ccc(Cl)cc2)cc1. The van der Waals surface area contributed by atoms with E-state index in [0.717, 1.165) is 17.1 Å². The Morgan fingerprint density at radius 1 is 1.12 bits per heavy atom. The number of amides is 1. The van der Waals surface area contributed by atoms with Crippen molar-refractivity contribution in [2.75, 3.05) is 5.75 Å². The van der Waals surface area contributed by atoms with Crippen molar-refractivity contribution in [3.8, 4) is 17.1 Å². The van der Waals surface area contributed by atoms with Crippen LogP contribution in [0.1, 0.15) is 12.0 Å². The zero-order valence-corrected chi connectivity index (χ0v) is 15.2. The Balaban J connectivity index is 2.02. The minimum Gasteiger partial charge on any atom is -0.370 e. The van der Waals surface area contributed by atoms with Crippen molar-refractivity contribution < 1.29 is 4.79 Å². The van der Waals surface area contributed by atoms with Gasteiger partial charge in [0.2, 0.25) is 5.91 Å². The summed E-state index contributed by atoms with van der Waals surface area (Å²) in [4.78, 5) is 11.0. The van der Waals surface area contributed by atoms with E-state index in [1.54, 1.807) is 0 Å². The van der Waals surface area contributed by atoms with Crippen molar-refractivity contribution >= 4 is 29.3 Å². The van der Waals surface area contributed by atoms with Crippen LogP contribution in [0.3, 0.4) is 0 Å². The first-order valence-corrected chi connectivity index (χ1v) is 9.10. The first-order chi connectivity index (χ1) is 12.0. The van der Waals surface area contributed by atoms with Gasteiger partial charge in [0.05, 0.1) is 0 Å². The van der Waals surface area contributed by atoms with Crippen LogP contribution in [0.5, 0.6) is 0 Å². The lowest BCUT2D eigenvalue weighted by molar-refractivity contribution is -0.117. The second kappa shape index (κ2) is 7.72. The predicted molar refractivity (Wildman–Crippen MR) is 101 cm³/mol. The molecule has 0 fully saturated rings. The molecule has 3 rings (SSSR count). The summed E-state index contributed by atoms with van der Waals surface area (Å²) in [6.45, 7) is 2.04. The predicted octanol–water partition coefficient (Wildman–Crippen LogP) is 3.86. The van der Waals surface area contributed by atoms with Gasteiger partial charge >= 0.3 is 0 Å². The van der Waals surface area contributed by atoms with E-state index in [9.17, 15) is 4.79 Å². The molecule has 0 radical (unpaired) electrons. The molecular weight excluding hydrogens is 356 g/mol. The molecule has 1 aromatic heterocycles. The van der Waals surface area contributed by atoms with E-state index in [0.29, 0.717) is 15.9 Å². The summed E-state index contributed by atoms with van der Waals surface area (Å²) in [5.74, 6) is 0.960. The van der Waals surface area contributed by atoms with Gasteiger partial charge in [-0.05, 0) is 31.2 Å². The largest absolute Gasteiger partial charge is 0.370 e. The lowest BCUT2D eigenvalue weighted by atomic mass is 10.1. The molecule has 0 atom stereocenters. The number of nitrogens with zero attached hydrogens (tertiary/aromatic N) is 3. The smallest absolute Gasteiger partial charge is 0.218 e. The lowest BCUT2D eigenvalue weighted by Crippen LogP contribution is -2.11. The summed E-state index contributed by atoms with van der Waals surface area (Å²) in [5, 5.41) is 10.0. The van der Waals surface area contributed by atoms with Crippen LogP contribution in [0.2, 0.25) is 5.02 Å². The molecule has 0 aliphatic heterocycles. The highest BCUT2D eigenvalue weighted by Gasteiger charge is 2.16. The average Bonchev–Trinajstić information content (AvgIpc) is 3.00. The lowest BCUT2D eigenvalue weighted by Gasteiger charge is -2.10. The molecule has 0 unspecified atom stereocenters. The molecule has 0 spiro atoms. The minimum absolute atomic E-state index is 0.290. The normalized spacial score (nSPS) is 10.8. The van der Waals surface area contributed by atoms with Gasteiger partial charge in [-0.2, -0.15) is 0 Å². The molecule has 2 N–H and O–H groups in total. The number of hydrogen-bond donors (Lipinski definition) is 1. The number of benzene rings is 2. The van der Waals surface area contributed by atoms with Gasteiger partial charge in [-0.15, -0.1) is 10.2 Å². The fourth-order valence-electron chi connectivity index (χ4n) is 2.32. The van der Waals surface area contributed by atoms with Gasteiger partial charge in [-0.1, -0.05) is 53.2 Å². The monoisotopic (exact) mass is 372 g/mol. The van der Waals surface area contributed by atoms with E-state index in [4.69, 9.17) is 17.3 Å². The van der Waals surface area contributed by atoms with Crippen LogP contribution < -0.4 is 5.73 Å². The summed E-state index contributed by atoms with van der Waals surface area (Å²) in [6.07, 6.45) is 0.290. The van der Waals surface area contributed by atoms with Crippen molar-refractivity contribution in [1.82, 2.24) is 14.8 Å². The molecule has 3 aromatic rings. The number of hydrogen-bond acceptors (Lipinski definition) is 4. The Morgan fingerprint density at radius 3 is 2.44 bits per heavy atom. The van der Waals surface area contributed by atoms with Crippen molar-refractivity contribution in [3.05, 3.63) is 59.1 Å². The molecule has 128 valence electrons. The standard InChI is InChI=1S/C18H17ClN4OS/c1-12-2-4-13(5-3-12)17-21-22-18(25-11-10-16(20)24)23(17)15-8-6-14(19)7-9-15/h2-9H,10-11H2,1H3,(H2,20,24). The summed E-state index contributed by atoms with van der Waals surface area (Å²) in [5.41, 5.74) is 8.28. The number of carbonyl (C=O) groups is 1. The fraction of sp³-hybridized carbons (Fsp3) is 0.167. The van der Waals surface area contributed by atoms with E-state index >= 15 is 0 Å². The quantitative estimate of drug-likeness (QED) is 0.666. The number of thioether (sulfide) groups is 1. The third-order valence-electron chi connectivity index (χ3n) is 3.61. The fourth-order valence-corrected chi connectivity index (χ4v) is 3.35. The molecule has 0 saturated heterocycles. The highest BCUT2D eigenvalue weighted by atomic mass is 35.5. The number of aromatic nitrogens is 3. The van der Waals surface area contributed by atoms with Gasteiger partial charge in [-0.25, -0.2) is 0 Å². The Labute approximate surface area is 155 Å².